The summed E-state index contributed by atoms with van der Waals surface area (Å²) in [5.74, 6) is -1.81. The Kier molecular flexibility index (Phi) is 9.03. The molecule has 2 unspecified atom stereocenters. The van der Waals surface area contributed by atoms with Crippen molar-refractivity contribution in [2.75, 3.05) is 20.3 Å². The van der Waals surface area contributed by atoms with Gasteiger partial charge in [0, 0.05) is 6.04 Å². The summed E-state index contributed by atoms with van der Waals surface area (Å²) in [6, 6.07) is 2.91. The topological polar surface area (TPSA) is 134 Å². The zero-order valence-electron chi connectivity index (χ0n) is 20.6. The van der Waals surface area contributed by atoms with Gasteiger partial charge in [0.05, 0.1) is 13.7 Å². The first-order valence-electron chi connectivity index (χ1n) is 11.2. The average molecular weight is 478 g/mol. The maximum Gasteiger partial charge on any atom is 0.408 e. The van der Waals surface area contributed by atoms with E-state index in [2.05, 4.69) is 15.4 Å². The minimum Gasteiger partial charge on any atom is -0.468 e. The zero-order valence-corrected chi connectivity index (χ0v) is 20.6. The van der Waals surface area contributed by atoms with Gasteiger partial charge >= 0.3 is 12.1 Å². The number of hydrogen-bond acceptors (Lipinski definition) is 7. The van der Waals surface area contributed by atoms with Gasteiger partial charge in [0.15, 0.2) is 0 Å². The number of ether oxygens (including phenoxy) is 2. The molecule has 1 aliphatic carbocycles. The number of nitrogens with one attached hydrogen (secondary N) is 2. The van der Waals surface area contributed by atoms with Crippen LogP contribution in [0, 0.1) is 13.8 Å². The van der Waals surface area contributed by atoms with Crippen LogP contribution in [0.2, 0.25) is 0 Å². The Morgan fingerprint density at radius 1 is 1.12 bits per heavy atom. The van der Waals surface area contributed by atoms with Gasteiger partial charge < -0.3 is 30.1 Å². The Hall–Kier alpha value is -3.14. The van der Waals surface area contributed by atoms with Gasteiger partial charge in [-0.3, -0.25) is 14.4 Å². The predicted octanol–water partition coefficient (Wildman–Crippen LogP) is 1.51. The minimum absolute atomic E-state index is 0.253. The van der Waals surface area contributed by atoms with Gasteiger partial charge in [-0.2, -0.15) is 0 Å². The van der Waals surface area contributed by atoms with Gasteiger partial charge in [-0.15, -0.1) is 0 Å². The van der Waals surface area contributed by atoms with Gasteiger partial charge in [-0.1, -0.05) is 29.3 Å². The first-order valence-corrected chi connectivity index (χ1v) is 11.2. The van der Waals surface area contributed by atoms with Crippen molar-refractivity contribution >= 4 is 23.9 Å². The molecule has 1 saturated carbocycles. The summed E-state index contributed by atoms with van der Waals surface area (Å²) in [7, 11) is 1.21. The van der Waals surface area contributed by atoms with Crippen LogP contribution in [0.5, 0.6) is 0 Å². The van der Waals surface area contributed by atoms with Crippen molar-refractivity contribution in [3.8, 4) is 0 Å². The number of aryl methyl sites for hydroxylation is 2. The maximum atomic E-state index is 13.6. The van der Waals surface area contributed by atoms with Crippen molar-refractivity contribution in [3.05, 3.63) is 34.9 Å². The number of carbonyl (C=O) groups is 4. The molecule has 10 nitrogen and oxygen atoms in total. The van der Waals surface area contributed by atoms with E-state index in [4.69, 9.17) is 4.74 Å². The normalized spacial score (nSPS) is 15.0. The number of hydrogen-bond donors (Lipinski definition) is 3. The molecule has 34 heavy (non-hydrogen) atoms. The molecule has 0 spiro atoms. The van der Waals surface area contributed by atoms with Crippen molar-refractivity contribution < 1.29 is 33.8 Å². The molecular weight excluding hydrogens is 442 g/mol. The van der Waals surface area contributed by atoms with Crippen LogP contribution < -0.4 is 10.6 Å². The summed E-state index contributed by atoms with van der Waals surface area (Å²) < 4.78 is 9.82. The maximum absolute atomic E-state index is 13.6. The van der Waals surface area contributed by atoms with Crippen LogP contribution in [-0.2, 0) is 23.9 Å². The highest BCUT2D eigenvalue weighted by molar-refractivity contribution is 5.93. The van der Waals surface area contributed by atoms with Crippen LogP contribution in [-0.4, -0.2) is 71.8 Å². The van der Waals surface area contributed by atoms with Crippen molar-refractivity contribution in [1.82, 2.24) is 15.5 Å². The minimum atomic E-state index is -1.31. The van der Waals surface area contributed by atoms with Crippen LogP contribution in [0.3, 0.4) is 0 Å². The lowest BCUT2D eigenvalue weighted by molar-refractivity contribution is -0.145. The van der Waals surface area contributed by atoms with Gasteiger partial charge in [-0.25, -0.2) is 4.79 Å². The van der Waals surface area contributed by atoms with Crippen LogP contribution >= 0.6 is 0 Å². The van der Waals surface area contributed by atoms with Crippen molar-refractivity contribution in [1.29, 1.82) is 0 Å². The first-order chi connectivity index (χ1) is 15.9. The molecule has 1 fully saturated rings. The van der Waals surface area contributed by atoms with Crippen molar-refractivity contribution in [2.24, 2.45) is 0 Å². The number of rotatable bonds is 9. The van der Waals surface area contributed by atoms with E-state index >= 15 is 0 Å². The number of nitrogens with zero attached hydrogens (tertiary/aromatic N) is 1. The van der Waals surface area contributed by atoms with Gasteiger partial charge in [0.2, 0.25) is 11.8 Å². The fraction of sp³-hybridized carbons (Fsp3) is 0.583. The number of amides is 3. The number of benzene rings is 1. The van der Waals surface area contributed by atoms with Gasteiger partial charge in [0.1, 0.15) is 24.2 Å². The number of aliphatic hydroxyl groups excluding tert-OH is 1. The summed E-state index contributed by atoms with van der Waals surface area (Å²) >= 11 is 0. The zero-order chi connectivity index (χ0) is 25.6. The molecule has 0 radical (unpaired) electrons. The average Bonchev–Trinajstić information content (AvgIpc) is 3.56. The van der Waals surface area contributed by atoms with E-state index in [9.17, 15) is 24.3 Å². The molecule has 0 bridgehead atoms. The summed E-state index contributed by atoms with van der Waals surface area (Å²) in [6.07, 6.45) is 0.484. The Labute approximate surface area is 200 Å². The third-order valence-corrected chi connectivity index (χ3v) is 5.09. The molecule has 1 aliphatic rings. The molecule has 1 aromatic carbocycles. The lowest BCUT2D eigenvalue weighted by Crippen LogP contribution is -2.55. The number of carbonyl (C=O) groups excluding carboxylic acids is 4. The monoisotopic (exact) mass is 477 g/mol. The summed E-state index contributed by atoms with van der Waals surface area (Å²) in [4.78, 5) is 52.1. The van der Waals surface area contributed by atoms with Crippen LogP contribution in [0.4, 0.5) is 4.79 Å². The molecule has 188 valence electrons. The summed E-state index contributed by atoms with van der Waals surface area (Å²) in [5, 5.41) is 14.8. The highest BCUT2D eigenvalue weighted by atomic mass is 16.6. The number of alkyl carbamates (subject to hydrolysis) is 1. The van der Waals surface area contributed by atoms with E-state index in [0.717, 1.165) is 11.1 Å². The van der Waals surface area contributed by atoms with Crippen LogP contribution in [0.15, 0.2) is 18.2 Å². The fourth-order valence-corrected chi connectivity index (χ4v) is 3.62. The van der Waals surface area contributed by atoms with E-state index in [0.29, 0.717) is 18.4 Å². The standard InChI is InChI=1S/C24H35N3O7/c1-14-9-15(2)11-16(10-14)20(21(30)25-12-19(29)33-6)27(17-7-8-17)22(31)18(13-28)26-23(32)34-24(3,4)5/h9-11,17-18,20,28H,7-8,12-13H2,1-6H3,(H,25,30)(H,26,32). The SMILES string of the molecule is COC(=O)CNC(=O)C(c1cc(C)cc(C)c1)N(C(=O)C(CO)NC(=O)OC(C)(C)C)C1CC1. The van der Waals surface area contributed by atoms with Gasteiger partial charge in [-0.05, 0) is 53.0 Å². The predicted molar refractivity (Wildman–Crippen MR) is 124 cm³/mol. The molecule has 10 heteroatoms. The lowest BCUT2D eigenvalue weighted by atomic mass is 9.98. The van der Waals surface area contributed by atoms with Crippen molar-refractivity contribution in [3.63, 3.8) is 0 Å². The van der Waals surface area contributed by atoms with E-state index in [1.807, 2.05) is 19.9 Å². The quantitative estimate of drug-likeness (QED) is 0.459. The Morgan fingerprint density at radius 3 is 2.18 bits per heavy atom. The number of esters is 1. The number of methoxy groups -OCH3 is 1. The fourth-order valence-electron chi connectivity index (χ4n) is 3.62. The Bertz CT molecular complexity index is 901. The highest BCUT2D eigenvalue weighted by Gasteiger charge is 2.44. The molecule has 0 saturated heterocycles. The lowest BCUT2D eigenvalue weighted by Gasteiger charge is -2.34. The second kappa shape index (κ2) is 11.3. The van der Waals surface area contributed by atoms with Crippen LogP contribution in [0.1, 0.15) is 56.3 Å². The molecular formula is C24H35N3O7. The van der Waals surface area contributed by atoms with Gasteiger partial charge in [0.25, 0.3) is 0 Å². The summed E-state index contributed by atoms with van der Waals surface area (Å²) in [6.45, 7) is 7.77. The molecule has 2 rings (SSSR count). The second-order valence-corrected chi connectivity index (χ2v) is 9.48. The largest absolute Gasteiger partial charge is 0.468 e. The first kappa shape index (κ1) is 27.1. The van der Waals surface area contributed by atoms with E-state index in [-0.39, 0.29) is 12.6 Å². The Morgan fingerprint density at radius 2 is 1.71 bits per heavy atom. The van der Waals surface area contributed by atoms with E-state index in [1.54, 1.807) is 32.9 Å². The summed E-state index contributed by atoms with van der Waals surface area (Å²) in [5.41, 5.74) is 1.57. The number of aliphatic hydroxyl groups is 1. The molecule has 0 heterocycles. The molecule has 0 aliphatic heterocycles. The molecule has 0 aromatic heterocycles. The van der Waals surface area contributed by atoms with E-state index < -0.39 is 48.2 Å². The second-order valence-electron chi connectivity index (χ2n) is 9.48. The van der Waals surface area contributed by atoms with E-state index in [1.165, 1.54) is 12.0 Å². The smallest absolute Gasteiger partial charge is 0.408 e. The molecule has 3 amide bonds. The highest BCUT2D eigenvalue weighted by Crippen LogP contribution is 2.36. The Balaban J connectivity index is 2.41. The van der Waals surface area contributed by atoms with Crippen LogP contribution in [0.25, 0.3) is 0 Å². The third kappa shape index (κ3) is 7.72. The van der Waals surface area contributed by atoms with Crippen molar-refractivity contribution in [2.45, 2.75) is 71.2 Å². The molecule has 3 N–H and O–H groups in total. The third-order valence-electron chi connectivity index (χ3n) is 5.09. The molecule has 2 atom stereocenters. The molecule has 1 aromatic rings.